The van der Waals surface area contributed by atoms with Gasteiger partial charge in [0.25, 0.3) is 0 Å². The molecule has 0 aromatic heterocycles. The smallest absolute Gasteiger partial charge is 0.133 e. The van der Waals surface area contributed by atoms with Crippen molar-refractivity contribution in [1.82, 2.24) is 10.2 Å². The van der Waals surface area contributed by atoms with Gasteiger partial charge in [-0.1, -0.05) is 62.4 Å². The van der Waals surface area contributed by atoms with Crippen LogP contribution in [0.15, 0.2) is 60.8 Å². The first-order chi connectivity index (χ1) is 14.9. The SMILES string of the molecule is C=C(CCc1ccc(OCC(C)C)cc1)N(Cc1ccc(C)cc1)[C@@H]1CCNC[C@@H]1F. The van der Waals surface area contributed by atoms with E-state index in [-0.39, 0.29) is 6.04 Å². The van der Waals surface area contributed by atoms with Gasteiger partial charge in [-0.15, -0.1) is 0 Å². The van der Waals surface area contributed by atoms with Crippen molar-refractivity contribution in [3.8, 4) is 5.75 Å². The zero-order chi connectivity index (χ0) is 22.2. The molecule has 2 aromatic carbocycles. The van der Waals surface area contributed by atoms with Crippen molar-refractivity contribution in [2.24, 2.45) is 5.92 Å². The number of rotatable bonds is 10. The highest BCUT2D eigenvalue weighted by atomic mass is 19.1. The van der Waals surface area contributed by atoms with Gasteiger partial charge in [-0.2, -0.15) is 0 Å². The molecule has 1 aliphatic rings. The third-order valence-electron chi connectivity index (χ3n) is 5.86. The second-order valence-electron chi connectivity index (χ2n) is 9.10. The number of aryl methyl sites for hydroxylation is 2. The van der Waals surface area contributed by atoms with Crippen LogP contribution in [0.4, 0.5) is 4.39 Å². The second kappa shape index (κ2) is 11.3. The summed E-state index contributed by atoms with van der Waals surface area (Å²) >= 11 is 0. The van der Waals surface area contributed by atoms with E-state index >= 15 is 0 Å². The summed E-state index contributed by atoms with van der Waals surface area (Å²) < 4.78 is 20.6. The second-order valence-corrected chi connectivity index (χ2v) is 9.10. The van der Waals surface area contributed by atoms with E-state index < -0.39 is 6.17 Å². The van der Waals surface area contributed by atoms with Crippen LogP contribution in [0.25, 0.3) is 0 Å². The van der Waals surface area contributed by atoms with Gasteiger partial charge in [0.15, 0.2) is 0 Å². The number of piperidine rings is 1. The fourth-order valence-corrected chi connectivity index (χ4v) is 3.96. The summed E-state index contributed by atoms with van der Waals surface area (Å²) in [4.78, 5) is 2.20. The molecule has 1 fully saturated rings. The van der Waals surface area contributed by atoms with E-state index in [1.54, 1.807) is 0 Å². The van der Waals surface area contributed by atoms with E-state index in [0.29, 0.717) is 19.0 Å². The summed E-state index contributed by atoms with van der Waals surface area (Å²) in [7, 11) is 0. The Hall–Kier alpha value is -2.33. The van der Waals surface area contributed by atoms with Crippen molar-refractivity contribution < 1.29 is 9.13 Å². The van der Waals surface area contributed by atoms with Gasteiger partial charge in [-0.3, -0.25) is 0 Å². The van der Waals surface area contributed by atoms with E-state index in [9.17, 15) is 4.39 Å². The van der Waals surface area contributed by atoms with Crippen LogP contribution in [0, 0.1) is 12.8 Å². The number of allylic oxidation sites excluding steroid dienone is 1. The first kappa shape index (κ1) is 23.3. The Labute approximate surface area is 187 Å². The largest absolute Gasteiger partial charge is 0.493 e. The topological polar surface area (TPSA) is 24.5 Å². The predicted octanol–water partition coefficient (Wildman–Crippen LogP) is 5.68. The number of benzene rings is 2. The average Bonchev–Trinajstić information content (AvgIpc) is 2.77. The molecule has 0 bridgehead atoms. The van der Waals surface area contributed by atoms with E-state index in [0.717, 1.165) is 43.9 Å². The van der Waals surface area contributed by atoms with Crippen LogP contribution in [0.2, 0.25) is 0 Å². The van der Waals surface area contributed by atoms with Crippen molar-refractivity contribution in [3.05, 3.63) is 77.5 Å². The van der Waals surface area contributed by atoms with Gasteiger partial charge in [0, 0.05) is 18.8 Å². The highest BCUT2D eigenvalue weighted by Crippen LogP contribution is 2.25. The Bertz CT molecular complexity index is 816. The lowest BCUT2D eigenvalue weighted by atomic mass is 9.99. The molecule has 0 saturated carbocycles. The molecule has 2 atom stereocenters. The van der Waals surface area contributed by atoms with Crippen molar-refractivity contribution in [1.29, 1.82) is 0 Å². The number of halogens is 1. The fraction of sp³-hybridized carbons (Fsp3) is 0.481. The Morgan fingerprint density at radius 2 is 1.81 bits per heavy atom. The Balaban J connectivity index is 1.64. The number of nitrogens with zero attached hydrogens (tertiary/aromatic N) is 1. The van der Waals surface area contributed by atoms with Gasteiger partial charge in [0.05, 0.1) is 12.6 Å². The molecular weight excluding hydrogens is 387 g/mol. The van der Waals surface area contributed by atoms with E-state index in [1.165, 1.54) is 16.7 Å². The van der Waals surface area contributed by atoms with Crippen LogP contribution in [-0.4, -0.2) is 36.8 Å². The molecule has 1 N–H and O–H groups in total. The normalized spacial score (nSPS) is 18.7. The van der Waals surface area contributed by atoms with Gasteiger partial charge in [0.2, 0.25) is 0 Å². The first-order valence-corrected chi connectivity index (χ1v) is 11.5. The third-order valence-corrected chi connectivity index (χ3v) is 5.86. The van der Waals surface area contributed by atoms with Crippen molar-refractivity contribution >= 4 is 0 Å². The molecule has 0 radical (unpaired) electrons. The minimum Gasteiger partial charge on any atom is -0.493 e. The molecule has 0 unspecified atom stereocenters. The monoisotopic (exact) mass is 424 g/mol. The summed E-state index contributed by atoms with van der Waals surface area (Å²) in [6, 6.07) is 16.7. The van der Waals surface area contributed by atoms with E-state index in [1.807, 2.05) is 12.1 Å². The lowest BCUT2D eigenvalue weighted by molar-refractivity contribution is 0.103. The fourth-order valence-electron chi connectivity index (χ4n) is 3.96. The van der Waals surface area contributed by atoms with Gasteiger partial charge >= 0.3 is 0 Å². The first-order valence-electron chi connectivity index (χ1n) is 11.5. The minimum atomic E-state index is -0.881. The quantitative estimate of drug-likeness (QED) is 0.531. The van der Waals surface area contributed by atoms with E-state index in [4.69, 9.17) is 4.74 Å². The molecule has 4 heteroatoms. The third kappa shape index (κ3) is 7.10. The van der Waals surface area contributed by atoms with Crippen LogP contribution >= 0.6 is 0 Å². The Morgan fingerprint density at radius 1 is 1.13 bits per heavy atom. The van der Waals surface area contributed by atoms with Crippen LogP contribution in [0.3, 0.4) is 0 Å². The Kier molecular flexibility index (Phi) is 8.53. The molecule has 0 spiro atoms. The molecule has 31 heavy (non-hydrogen) atoms. The maximum absolute atomic E-state index is 14.8. The number of nitrogens with one attached hydrogen (secondary N) is 1. The molecular formula is C27H37FN2O. The minimum absolute atomic E-state index is 0.123. The maximum atomic E-state index is 14.8. The molecule has 2 aromatic rings. The van der Waals surface area contributed by atoms with E-state index in [2.05, 4.69) is 74.0 Å². The summed E-state index contributed by atoms with van der Waals surface area (Å²) in [5, 5.41) is 3.17. The maximum Gasteiger partial charge on any atom is 0.133 e. The summed E-state index contributed by atoms with van der Waals surface area (Å²) in [6.07, 6.45) is 1.62. The van der Waals surface area contributed by atoms with Crippen molar-refractivity contribution in [3.63, 3.8) is 0 Å². The zero-order valence-electron chi connectivity index (χ0n) is 19.2. The molecule has 1 heterocycles. The lowest BCUT2D eigenvalue weighted by Crippen LogP contribution is -2.50. The molecule has 168 valence electrons. The highest BCUT2D eigenvalue weighted by molar-refractivity contribution is 5.28. The summed E-state index contributed by atoms with van der Waals surface area (Å²) in [6.45, 7) is 13.4. The van der Waals surface area contributed by atoms with Gasteiger partial charge < -0.3 is 15.0 Å². The molecule has 3 rings (SSSR count). The van der Waals surface area contributed by atoms with Crippen LogP contribution in [0.5, 0.6) is 5.75 Å². The number of hydrogen-bond acceptors (Lipinski definition) is 3. The Morgan fingerprint density at radius 3 is 2.45 bits per heavy atom. The molecule has 0 aliphatic carbocycles. The number of ether oxygens (including phenoxy) is 1. The van der Waals surface area contributed by atoms with Crippen molar-refractivity contribution in [2.75, 3.05) is 19.7 Å². The van der Waals surface area contributed by atoms with Gasteiger partial charge in [-0.05, 0) is 61.9 Å². The van der Waals surface area contributed by atoms with Crippen LogP contribution in [-0.2, 0) is 13.0 Å². The molecule has 1 saturated heterocycles. The average molecular weight is 425 g/mol. The lowest BCUT2D eigenvalue weighted by Gasteiger charge is -2.39. The highest BCUT2D eigenvalue weighted by Gasteiger charge is 2.30. The zero-order valence-corrected chi connectivity index (χ0v) is 19.2. The van der Waals surface area contributed by atoms with Crippen LogP contribution < -0.4 is 10.1 Å². The number of hydrogen-bond donors (Lipinski definition) is 1. The van der Waals surface area contributed by atoms with Gasteiger partial charge in [0.1, 0.15) is 11.9 Å². The predicted molar refractivity (Wildman–Crippen MR) is 127 cm³/mol. The summed E-state index contributed by atoms with van der Waals surface area (Å²) in [5.41, 5.74) is 4.69. The standard InChI is InChI=1S/C27H37FN2O/c1-20(2)19-31-25-13-11-23(12-14-25)10-7-22(4)30(27-15-16-29-17-26(27)28)18-24-8-5-21(3)6-9-24/h5-6,8-9,11-14,20,26-27,29H,4,7,10,15-19H2,1-3H3/t26-,27+/m0/s1. The molecule has 3 nitrogen and oxygen atoms in total. The molecule has 1 aliphatic heterocycles. The van der Waals surface area contributed by atoms with Crippen molar-refractivity contribution in [2.45, 2.75) is 58.8 Å². The van der Waals surface area contributed by atoms with Gasteiger partial charge in [-0.25, -0.2) is 4.39 Å². The van der Waals surface area contributed by atoms with Crippen LogP contribution in [0.1, 0.15) is 43.4 Å². The molecule has 0 amide bonds. The number of alkyl halides is 1. The summed E-state index contributed by atoms with van der Waals surface area (Å²) in [5.74, 6) is 1.42.